The molecule has 0 saturated carbocycles. The summed E-state index contributed by atoms with van der Waals surface area (Å²) in [5.41, 5.74) is 0.692. The maximum absolute atomic E-state index is 11.1. The molecule has 0 amide bonds. The maximum Gasteiger partial charge on any atom is 0.390 e. The Morgan fingerprint density at radius 2 is 2.25 bits per heavy atom. The van der Waals surface area contributed by atoms with Gasteiger partial charge in [0.1, 0.15) is 0 Å². The second kappa shape index (κ2) is 5.47. The zero-order valence-electron chi connectivity index (χ0n) is 10.7. The number of nitrogens with zero attached hydrogens (tertiary/aromatic N) is 4. The number of aromatic carboxylic acids is 1. The van der Waals surface area contributed by atoms with Crippen LogP contribution < -0.4 is 0 Å². The van der Waals surface area contributed by atoms with Crippen LogP contribution in [0, 0.1) is 10.1 Å². The predicted molar refractivity (Wildman–Crippen MR) is 69.0 cm³/mol. The van der Waals surface area contributed by atoms with Crippen LogP contribution in [0.15, 0.2) is 24.4 Å². The average molecular weight is 276 g/mol. The fourth-order valence-corrected chi connectivity index (χ4v) is 1.74. The molecule has 2 rings (SSSR count). The smallest absolute Gasteiger partial charge is 0.390 e. The van der Waals surface area contributed by atoms with Crippen LogP contribution in [-0.4, -0.2) is 30.8 Å². The van der Waals surface area contributed by atoms with Gasteiger partial charge in [0.25, 0.3) is 0 Å². The van der Waals surface area contributed by atoms with Gasteiger partial charge >= 0.3 is 11.8 Å². The van der Waals surface area contributed by atoms with Gasteiger partial charge in [-0.2, -0.15) is 0 Å². The molecule has 0 spiro atoms. The molecule has 0 aliphatic rings. The van der Waals surface area contributed by atoms with Crippen LogP contribution in [0.25, 0.3) is 5.82 Å². The molecular weight excluding hydrogens is 264 g/mol. The number of hydrogen-bond acceptors (Lipinski definition) is 5. The molecule has 1 N–H and O–H groups in total. The predicted octanol–water partition coefficient (Wildman–Crippen LogP) is 1.83. The Balaban J connectivity index is 2.48. The van der Waals surface area contributed by atoms with Crippen LogP contribution in [0.5, 0.6) is 0 Å². The van der Waals surface area contributed by atoms with Gasteiger partial charge in [0.05, 0.1) is 22.9 Å². The fourth-order valence-electron chi connectivity index (χ4n) is 1.74. The third-order valence-corrected chi connectivity index (χ3v) is 2.61. The minimum Gasteiger partial charge on any atom is -0.478 e. The molecule has 0 aliphatic carbocycles. The highest BCUT2D eigenvalue weighted by Crippen LogP contribution is 2.14. The number of carbonyl (C=O) groups is 1. The Kier molecular flexibility index (Phi) is 3.74. The first-order chi connectivity index (χ1) is 9.51. The number of pyridine rings is 1. The highest BCUT2D eigenvalue weighted by atomic mass is 16.6. The summed E-state index contributed by atoms with van der Waals surface area (Å²) in [6.07, 6.45) is 2.81. The van der Waals surface area contributed by atoms with Crippen molar-refractivity contribution in [2.75, 3.05) is 0 Å². The quantitative estimate of drug-likeness (QED) is 0.658. The van der Waals surface area contributed by atoms with E-state index in [-0.39, 0.29) is 17.2 Å². The standard InChI is InChI=1S/C12H12N4O4/c1-2-3-9-6-8(12(17)18)7-11(13-9)15-5-4-10(14-15)16(19)20/h4-7H,2-3H2,1H3,(H,17,18). The Bertz CT molecular complexity index is 665. The number of nitro groups is 1. The molecule has 0 saturated heterocycles. The topological polar surface area (TPSA) is 111 Å². The minimum atomic E-state index is -1.08. The van der Waals surface area contributed by atoms with Crippen LogP contribution in [-0.2, 0) is 6.42 Å². The summed E-state index contributed by atoms with van der Waals surface area (Å²) in [5.74, 6) is -1.14. The fraction of sp³-hybridized carbons (Fsp3) is 0.250. The number of aryl methyl sites for hydroxylation is 1. The van der Waals surface area contributed by atoms with E-state index in [2.05, 4.69) is 10.1 Å². The molecule has 8 nitrogen and oxygen atoms in total. The van der Waals surface area contributed by atoms with Crippen molar-refractivity contribution in [2.45, 2.75) is 19.8 Å². The van der Waals surface area contributed by atoms with Crippen molar-refractivity contribution in [2.24, 2.45) is 0 Å². The molecule has 0 aliphatic heterocycles. The Labute approximate surface area is 113 Å². The molecule has 0 bridgehead atoms. The second-order valence-corrected chi connectivity index (χ2v) is 4.14. The van der Waals surface area contributed by atoms with Gasteiger partial charge in [-0.05, 0) is 23.5 Å². The second-order valence-electron chi connectivity index (χ2n) is 4.14. The van der Waals surface area contributed by atoms with Gasteiger partial charge in [-0.3, -0.25) is 0 Å². The largest absolute Gasteiger partial charge is 0.478 e. The molecule has 2 aromatic heterocycles. The summed E-state index contributed by atoms with van der Waals surface area (Å²) in [4.78, 5) is 25.3. The maximum atomic E-state index is 11.1. The van der Waals surface area contributed by atoms with Crippen LogP contribution in [0.1, 0.15) is 29.4 Å². The lowest BCUT2D eigenvalue weighted by Crippen LogP contribution is -2.06. The van der Waals surface area contributed by atoms with E-state index in [1.807, 2.05) is 6.92 Å². The van der Waals surface area contributed by atoms with Crippen molar-refractivity contribution in [3.8, 4) is 5.82 Å². The van der Waals surface area contributed by atoms with Crippen LogP contribution in [0.3, 0.4) is 0 Å². The third kappa shape index (κ3) is 2.79. The average Bonchev–Trinajstić information content (AvgIpc) is 2.88. The van der Waals surface area contributed by atoms with E-state index in [4.69, 9.17) is 5.11 Å². The van der Waals surface area contributed by atoms with Gasteiger partial charge in [0.15, 0.2) is 5.82 Å². The Morgan fingerprint density at radius 3 is 2.80 bits per heavy atom. The van der Waals surface area contributed by atoms with Crippen LogP contribution in [0.2, 0.25) is 0 Å². The van der Waals surface area contributed by atoms with Crippen molar-refractivity contribution in [1.82, 2.24) is 14.8 Å². The minimum absolute atomic E-state index is 0.0802. The lowest BCUT2D eigenvalue weighted by atomic mass is 10.1. The van der Waals surface area contributed by atoms with E-state index >= 15 is 0 Å². The molecule has 2 heterocycles. The monoisotopic (exact) mass is 276 g/mol. The zero-order chi connectivity index (χ0) is 14.7. The lowest BCUT2D eigenvalue weighted by Gasteiger charge is -2.04. The van der Waals surface area contributed by atoms with Crippen molar-refractivity contribution < 1.29 is 14.8 Å². The van der Waals surface area contributed by atoms with Gasteiger partial charge in [-0.1, -0.05) is 13.3 Å². The summed E-state index contributed by atoms with van der Waals surface area (Å²) in [6, 6.07) is 4.06. The molecule has 8 heteroatoms. The summed E-state index contributed by atoms with van der Waals surface area (Å²) in [6.45, 7) is 1.95. The molecule has 0 radical (unpaired) electrons. The molecule has 0 aromatic carbocycles. The molecule has 0 unspecified atom stereocenters. The summed E-state index contributed by atoms with van der Waals surface area (Å²) in [5, 5.41) is 23.4. The van der Waals surface area contributed by atoms with Crippen LogP contribution >= 0.6 is 0 Å². The number of carboxylic acid groups (broad SMARTS) is 1. The van der Waals surface area contributed by atoms with Gasteiger partial charge < -0.3 is 15.2 Å². The molecule has 2 aromatic rings. The van der Waals surface area contributed by atoms with E-state index < -0.39 is 10.9 Å². The van der Waals surface area contributed by atoms with Crippen molar-refractivity contribution in [1.29, 1.82) is 0 Å². The van der Waals surface area contributed by atoms with E-state index in [1.54, 1.807) is 0 Å². The van der Waals surface area contributed by atoms with Crippen molar-refractivity contribution in [3.05, 3.63) is 45.8 Å². The molecule has 0 atom stereocenters. The summed E-state index contributed by atoms with van der Waals surface area (Å²) in [7, 11) is 0. The van der Waals surface area contributed by atoms with E-state index in [0.717, 1.165) is 6.42 Å². The summed E-state index contributed by atoms with van der Waals surface area (Å²) >= 11 is 0. The van der Waals surface area contributed by atoms with Crippen LogP contribution in [0.4, 0.5) is 5.82 Å². The number of aromatic nitrogens is 3. The highest BCUT2D eigenvalue weighted by Gasteiger charge is 2.15. The molecular formula is C12H12N4O4. The zero-order valence-corrected chi connectivity index (χ0v) is 10.7. The van der Waals surface area contributed by atoms with Gasteiger partial charge in [-0.15, -0.1) is 4.68 Å². The van der Waals surface area contributed by atoms with Gasteiger partial charge in [-0.25, -0.2) is 9.78 Å². The van der Waals surface area contributed by atoms with E-state index in [1.165, 1.54) is 29.1 Å². The van der Waals surface area contributed by atoms with E-state index in [0.29, 0.717) is 12.1 Å². The first kappa shape index (κ1) is 13.7. The van der Waals surface area contributed by atoms with E-state index in [9.17, 15) is 14.9 Å². The highest BCUT2D eigenvalue weighted by molar-refractivity contribution is 5.88. The first-order valence-corrected chi connectivity index (χ1v) is 5.96. The third-order valence-electron chi connectivity index (χ3n) is 2.61. The Hall–Kier alpha value is -2.77. The number of carboxylic acids is 1. The first-order valence-electron chi connectivity index (χ1n) is 5.96. The Morgan fingerprint density at radius 1 is 1.50 bits per heavy atom. The van der Waals surface area contributed by atoms with Crippen molar-refractivity contribution in [3.63, 3.8) is 0 Å². The van der Waals surface area contributed by atoms with Gasteiger partial charge in [0, 0.05) is 5.69 Å². The molecule has 104 valence electrons. The SMILES string of the molecule is CCCc1cc(C(=O)O)cc(-n2ccc([N+](=O)[O-])n2)n1. The number of rotatable bonds is 5. The molecule has 0 fully saturated rings. The van der Waals surface area contributed by atoms with Gasteiger partial charge in [0.2, 0.25) is 0 Å². The normalized spacial score (nSPS) is 10.4. The number of hydrogen-bond donors (Lipinski definition) is 1. The molecule has 20 heavy (non-hydrogen) atoms. The lowest BCUT2D eigenvalue weighted by molar-refractivity contribution is -0.389. The van der Waals surface area contributed by atoms with Crippen molar-refractivity contribution >= 4 is 11.8 Å². The summed E-state index contributed by atoms with van der Waals surface area (Å²) < 4.78 is 1.20.